The normalized spacial score (nSPS) is 12.2. The van der Waals surface area contributed by atoms with Crippen molar-refractivity contribution in [1.29, 1.82) is 0 Å². The van der Waals surface area contributed by atoms with E-state index >= 15 is 0 Å². The Morgan fingerprint density at radius 1 is 1.11 bits per heavy atom. The van der Waals surface area contributed by atoms with Crippen LogP contribution in [0.15, 0.2) is 42.5 Å². The van der Waals surface area contributed by atoms with Crippen LogP contribution in [0.4, 0.5) is 0 Å². The van der Waals surface area contributed by atoms with Crippen LogP contribution in [0.25, 0.3) is 0 Å². The van der Waals surface area contributed by atoms with Gasteiger partial charge >= 0.3 is 0 Å². The molecule has 0 aliphatic rings. The van der Waals surface area contributed by atoms with E-state index in [1.807, 2.05) is 43.4 Å². The van der Waals surface area contributed by atoms with E-state index in [-0.39, 0.29) is 6.04 Å². The summed E-state index contributed by atoms with van der Waals surface area (Å²) >= 11 is 6.12. The van der Waals surface area contributed by atoms with Crippen LogP contribution in [-0.4, -0.2) is 14.2 Å². The number of ether oxygens (including phenoxy) is 1. The first-order chi connectivity index (χ1) is 9.17. The van der Waals surface area contributed by atoms with E-state index in [4.69, 9.17) is 16.3 Å². The van der Waals surface area contributed by atoms with Crippen LogP contribution in [0.3, 0.4) is 0 Å². The van der Waals surface area contributed by atoms with Gasteiger partial charge in [-0.1, -0.05) is 35.9 Å². The molecule has 100 valence electrons. The summed E-state index contributed by atoms with van der Waals surface area (Å²) in [6.45, 7) is 2.09. The summed E-state index contributed by atoms with van der Waals surface area (Å²) in [4.78, 5) is 0. The Kier molecular flexibility index (Phi) is 4.46. The van der Waals surface area contributed by atoms with Gasteiger partial charge in [-0.3, -0.25) is 0 Å². The maximum Gasteiger partial charge on any atom is 0.123 e. The van der Waals surface area contributed by atoms with Crippen molar-refractivity contribution in [2.75, 3.05) is 14.2 Å². The molecular weight excluding hydrogens is 258 g/mol. The summed E-state index contributed by atoms with van der Waals surface area (Å²) in [6, 6.07) is 14.0. The van der Waals surface area contributed by atoms with Crippen molar-refractivity contribution in [3.63, 3.8) is 0 Å². The first kappa shape index (κ1) is 13.9. The van der Waals surface area contributed by atoms with Crippen molar-refractivity contribution >= 4 is 11.6 Å². The lowest BCUT2D eigenvalue weighted by molar-refractivity contribution is 0.405. The third-order valence-corrected chi connectivity index (χ3v) is 3.53. The molecule has 1 N–H and O–H groups in total. The van der Waals surface area contributed by atoms with Crippen LogP contribution in [0.2, 0.25) is 5.02 Å². The first-order valence-corrected chi connectivity index (χ1v) is 6.61. The number of benzene rings is 2. The number of halogens is 1. The van der Waals surface area contributed by atoms with Crippen molar-refractivity contribution in [3.8, 4) is 5.75 Å². The van der Waals surface area contributed by atoms with Crippen LogP contribution in [-0.2, 0) is 0 Å². The number of hydrogen-bond donors (Lipinski definition) is 1. The molecular formula is C16H18ClNO. The van der Waals surface area contributed by atoms with Crippen molar-refractivity contribution < 1.29 is 4.74 Å². The molecule has 0 spiro atoms. The quantitative estimate of drug-likeness (QED) is 0.912. The average Bonchev–Trinajstić information content (AvgIpc) is 2.44. The zero-order valence-corrected chi connectivity index (χ0v) is 12.2. The van der Waals surface area contributed by atoms with Gasteiger partial charge in [-0.25, -0.2) is 0 Å². The van der Waals surface area contributed by atoms with Crippen LogP contribution < -0.4 is 10.1 Å². The third kappa shape index (κ3) is 2.91. The van der Waals surface area contributed by atoms with Gasteiger partial charge < -0.3 is 10.1 Å². The Morgan fingerprint density at radius 3 is 2.53 bits per heavy atom. The number of para-hydroxylation sites is 1. The van der Waals surface area contributed by atoms with E-state index < -0.39 is 0 Å². The van der Waals surface area contributed by atoms with Crippen LogP contribution in [0, 0.1) is 6.92 Å². The number of methoxy groups -OCH3 is 1. The smallest absolute Gasteiger partial charge is 0.123 e. The van der Waals surface area contributed by atoms with Crippen molar-refractivity contribution in [2.24, 2.45) is 0 Å². The predicted octanol–water partition coefficient (Wildman–Crippen LogP) is 3.97. The Morgan fingerprint density at radius 2 is 1.84 bits per heavy atom. The van der Waals surface area contributed by atoms with E-state index in [0.29, 0.717) is 0 Å². The van der Waals surface area contributed by atoms with E-state index in [0.717, 1.165) is 16.3 Å². The maximum atomic E-state index is 6.12. The number of aryl methyl sites for hydroxylation is 1. The molecule has 0 aliphatic carbocycles. The Labute approximate surface area is 119 Å². The minimum absolute atomic E-state index is 0.0647. The summed E-state index contributed by atoms with van der Waals surface area (Å²) < 4.78 is 5.45. The lowest BCUT2D eigenvalue weighted by atomic mass is 9.94. The van der Waals surface area contributed by atoms with Gasteiger partial charge in [0.05, 0.1) is 13.2 Å². The fourth-order valence-corrected chi connectivity index (χ4v) is 2.49. The molecule has 1 atom stereocenters. The summed E-state index contributed by atoms with van der Waals surface area (Å²) in [5, 5.41) is 4.08. The molecule has 0 aromatic heterocycles. The van der Waals surface area contributed by atoms with Gasteiger partial charge in [0.2, 0.25) is 0 Å². The Balaban J connectivity index is 2.53. The molecule has 2 aromatic rings. The molecule has 0 radical (unpaired) electrons. The summed E-state index contributed by atoms with van der Waals surface area (Å²) in [5.41, 5.74) is 3.48. The molecule has 0 heterocycles. The lowest BCUT2D eigenvalue weighted by Crippen LogP contribution is -2.19. The second-order valence-corrected chi connectivity index (χ2v) is 4.90. The second kappa shape index (κ2) is 6.09. The lowest BCUT2D eigenvalue weighted by Gasteiger charge is -2.21. The molecule has 19 heavy (non-hydrogen) atoms. The minimum atomic E-state index is 0.0647. The van der Waals surface area contributed by atoms with E-state index in [9.17, 15) is 0 Å². The Hall–Kier alpha value is -1.51. The first-order valence-electron chi connectivity index (χ1n) is 6.23. The van der Waals surface area contributed by atoms with Gasteiger partial charge in [0.1, 0.15) is 5.75 Å². The van der Waals surface area contributed by atoms with E-state index in [1.165, 1.54) is 11.1 Å². The molecule has 0 bridgehead atoms. The maximum absolute atomic E-state index is 6.12. The van der Waals surface area contributed by atoms with Gasteiger partial charge in [0, 0.05) is 10.6 Å². The summed E-state index contributed by atoms with van der Waals surface area (Å²) in [7, 11) is 3.63. The van der Waals surface area contributed by atoms with Crippen molar-refractivity contribution in [3.05, 3.63) is 64.2 Å². The largest absolute Gasteiger partial charge is 0.496 e. The van der Waals surface area contributed by atoms with Crippen LogP contribution in [0.5, 0.6) is 5.75 Å². The second-order valence-electron chi connectivity index (χ2n) is 4.46. The van der Waals surface area contributed by atoms with Gasteiger partial charge in [-0.15, -0.1) is 0 Å². The fraction of sp³-hybridized carbons (Fsp3) is 0.250. The Bertz CT molecular complexity index is 568. The molecule has 0 saturated carbocycles. The van der Waals surface area contributed by atoms with Gasteiger partial charge in [-0.2, -0.15) is 0 Å². The average molecular weight is 276 g/mol. The molecule has 0 fully saturated rings. The molecule has 1 unspecified atom stereocenters. The SMILES string of the molecule is CNC(c1cc(Cl)ccc1C)c1ccccc1OC. The third-order valence-electron chi connectivity index (χ3n) is 3.29. The number of hydrogen-bond acceptors (Lipinski definition) is 2. The minimum Gasteiger partial charge on any atom is -0.496 e. The van der Waals surface area contributed by atoms with Gasteiger partial charge in [0.15, 0.2) is 0 Å². The topological polar surface area (TPSA) is 21.3 Å². The number of rotatable bonds is 4. The molecule has 0 aliphatic heterocycles. The highest BCUT2D eigenvalue weighted by atomic mass is 35.5. The van der Waals surface area contributed by atoms with Gasteiger partial charge in [-0.05, 0) is 43.3 Å². The van der Waals surface area contributed by atoms with E-state index in [2.05, 4.69) is 18.3 Å². The number of nitrogens with one attached hydrogen (secondary N) is 1. The predicted molar refractivity (Wildman–Crippen MR) is 80.1 cm³/mol. The van der Waals surface area contributed by atoms with Gasteiger partial charge in [0.25, 0.3) is 0 Å². The summed E-state index contributed by atoms with van der Waals surface area (Å²) in [5.74, 6) is 0.876. The molecule has 2 nitrogen and oxygen atoms in total. The molecule has 2 aromatic carbocycles. The zero-order chi connectivity index (χ0) is 13.8. The van der Waals surface area contributed by atoms with Crippen LogP contribution in [0.1, 0.15) is 22.7 Å². The molecule has 0 saturated heterocycles. The van der Waals surface area contributed by atoms with Crippen molar-refractivity contribution in [2.45, 2.75) is 13.0 Å². The fourth-order valence-electron chi connectivity index (χ4n) is 2.31. The molecule has 2 rings (SSSR count). The highest BCUT2D eigenvalue weighted by molar-refractivity contribution is 6.30. The van der Waals surface area contributed by atoms with E-state index in [1.54, 1.807) is 7.11 Å². The zero-order valence-electron chi connectivity index (χ0n) is 11.4. The highest BCUT2D eigenvalue weighted by Gasteiger charge is 2.18. The summed E-state index contributed by atoms with van der Waals surface area (Å²) in [6.07, 6.45) is 0. The standard InChI is InChI=1S/C16H18ClNO/c1-11-8-9-12(17)10-14(11)16(18-2)13-6-4-5-7-15(13)19-3/h4-10,16,18H,1-3H3. The monoisotopic (exact) mass is 275 g/mol. The van der Waals surface area contributed by atoms with Crippen molar-refractivity contribution in [1.82, 2.24) is 5.32 Å². The van der Waals surface area contributed by atoms with Crippen LogP contribution >= 0.6 is 11.6 Å². The molecule has 3 heteroatoms. The highest BCUT2D eigenvalue weighted by Crippen LogP contribution is 2.32. The molecule has 0 amide bonds.